The molecule has 0 unspecified atom stereocenters. The summed E-state index contributed by atoms with van der Waals surface area (Å²) < 4.78 is 42.0. The predicted molar refractivity (Wildman–Crippen MR) is 153 cm³/mol. The third kappa shape index (κ3) is 5.85. The van der Waals surface area contributed by atoms with Gasteiger partial charge in [0.2, 0.25) is 5.43 Å². The van der Waals surface area contributed by atoms with Crippen molar-refractivity contribution in [3.05, 3.63) is 63.5 Å². The number of nitrogens with one attached hydrogen (secondary N) is 2. The van der Waals surface area contributed by atoms with Gasteiger partial charge in [-0.05, 0) is 57.1 Å². The van der Waals surface area contributed by atoms with Crippen LogP contribution in [-0.2, 0) is 6.18 Å². The minimum absolute atomic E-state index is 0.0284. The Labute approximate surface area is 241 Å². The Morgan fingerprint density at radius 3 is 2.67 bits per heavy atom. The van der Waals surface area contributed by atoms with Gasteiger partial charge in [-0.1, -0.05) is 6.07 Å². The minimum atomic E-state index is -4.65. The topological polar surface area (TPSA) is 129 Å². The van der Waals surface area contributed by atoms with Crippen molar-refractivity contribution < 1.29 is 27.9 Å². The van der Waals surface area contributed by atoms with Crippen LogP contribution in [0, 0.1) is 0 Å². The van der Waals surface area contributed by atoms with Crippen LogP contribution in [0.4, 0.5) is 23.8 Å². The lowest BCUT2D eigenvalue weighted by atomic mass is 9.98. The molecule has 0 bridgehead atoms. The highest BCUT2D eigenvalue weighted by Gasteiger charge is 2.34. The highest BCUT2D eigenvalue weighted by molar-refractivity contribution is 7.13. The molecule has 5 rings (SSSR count). The van der Waals surface area contributed by atoms with E-state index in [1.165, 1.54) is 24.5 Å². The van der Waals surface area contributed by atoms with Crippen LogP contribution in [0.5, 0.6) is 0 Å². The molecule has 3 N–H and O–H groups in total. The van der Waals surface area contributed by atoms with E-state index in [4.69, 9.17) is 0 Å². The summed E-state index contributed by atoms with van der Waals surface area (Å²) in [6.07, 6.45) is -0.169. The predicted octanol–water partition coefficient (Wildman–Crippen LogP) is 5.31. The number of benzene rings is 1. The zero-order valence-corrected chi connectivity index (χ0v) is 23.5. The van der Waals surface area contributed by atoms with Gasteiger partial charge in [0.25, 0.3) is 0 Å². The van der Waals surface area contributed by atoms with Gasteiger partial charge in [-0.3, -0.25) is 10.1 Å². The highest BCUT2D eigenvalue weighted by atomic mass is 32.1. The zero-order valence-electron chi connectivity index (χ0n) is 22.7. The second kappa shape index (κ2) is 11.5. The summed E-state index contributed by atoms with van der Waals surface area (Å²) in [6, 6.07) is 5.77. The van der Waals surface area contributed by atoms with Gasteiger partial charge in [-0.25, -0.2) is 19.6 Å². The average Bonchev–Trinajstić information content (AvgIpc) is 3.44. The molecule has 4 aromatic rings. The lowest BCUT2D eigenvalue weighted by Gasteiger charge is -2.32. The maximum Gasteiger partial charge on any atom is 0.434 e. The smallest absolute Gasteiger partial charge is 0.434 e. The molecule has 1 fully saturated rings. The summed E-state index contributed by atoms with van der Waals surface area (Å²) in [4.78, 5) is 47.7. The van der Waals surface area contributed by atoms with E-state index >= 15 is 0 Å². The number of carboxylic acids is 1. The molecule has 2 amide bonds. The molecule has 0 aliphatic carbocycles. The quantitative estimate of drug-likeness (QED) is 0.274. The van der Waals surface area contributed by atoms with Gasteiger partial charge in [-0.2, -0.15) is 13.2 Å². The fraction of sp³-hybridized carbons (Fsp3) is 0.321. The van der Waals surface area contributed by atoms with Crippen LogP contribution in [-0.4, -0.2) is 63.2 Å². The number of carboxylic acid groups (broad SMARTS) is 1. The van der Waals surface area contributed by atoms with Crippen molar-refractivity contribution in [1.29, 1.82) is 0 Å². The summed E-state index contributed by atoms with van der Waals surface area (Å²) in [6.45, 7) is 3.67. The number of alkyl halides is 3. The number of amides is 2. The van der Waals surface area contributed by atoms with Gasteiger partial charge in [0.1, 0.15) is 16.4 Å². The third-order valence-electron chi connectivity index (χ3n) is 7.07. The molecule has 0 spiro atoms. The number of thiazole rings is 1. The molecule has 1 atom stereocenters. The normalized spacial score (nSPS) is 16.0. The number of likely N-dealkylation sites (N-methyl/N-ethyl adjacent to an activating group) is 1. The van der Waals surface area contributed by atoms with Crippen LogP contribution in [0.2, 0.25) is 0 Å². The molecule has 3 aromatic heterocycles. The van der Waals surface area contributed by atoms with E-state index < -0.39 is 29.3 Å². The number of aromatic nitrogens is 3. The lowest BCUT2D eigenvalue weighted by molar-refractivity contribution is -0.140. The summed E-state index contributed by atoms with van der Waals surface area (Å²) in [5.74, 6) is -1.27. The molecular formula is C28H27F3N6O4S. The van der Waals surface area contributed by atoms with Crippen molar-refractivity contribution >= 4 is 40.1 Å². The van der Waals surface area contributed by atoms with Gasteiger partial charge in [-0.15, -0.1) is 11.3 Å². The van der Waals surface area contributed by atoms with Gasteiger partial charge in [0.15, 0.2) is 5.69 Å². The molecule has 1 aliphatic heterocycles. The van der Waals surface area contributed by atoms with Crippen molar-refractivity contribution in [1.82, 2.24) is 24.8 Å². The molecule has 1 aromatic carbocycles. The number of aromatic carboxylic acids is 1. The molecule has 14 heteroatoms. The van der Waals surface area contributed by atoms with Crippen molar-refractivity contribution in [2.45, 2.75) is 32.0 Å². The van der Waals surface area contributed by atoms with Gasteiger partial charge in [0.05, 0.1) is 5.52 Å². The standard InChI is InChI=1S/C28H27F3N6O4S/c1-3-32-27(41)35-23-10-17(25-34-22(14-42-25)28(29,30)31)19(11-33-23)15-6-7-21-18(9-15)24(38)20(26(39)40)13-37(21)16-5-4-8-36(2)12-16/h6-7,9-11,13-14,16H,3-5,8,12H2,1-2H3,(H,39,40)(H2,32,33,35,41)/t16-/m0/s1. The Balaban J connectivity index is 1.68. The number of piperidine rings is 1. The monoisotopic (exact) mass is 600 g/mol. The number of hydrogen-bond donors (Lipinski definition) is 3. The number of halogens is 3. The molecule has 0 saturated carbocycles. The largest absolute Gasteiger partial charge is 0.477 e. The van der Waals surface area contributed by atoms with Crippen LogP contribution in [0.25, 0.3) is 32.6 Å². The molecular weight excluding hydrogens is 573 g/mol. The number of likely N-dealkylation sites (tertiary alicyclic amines) is 1. The highest BCUT2D eigenvalue weighted by Crippen LogP contribution is 2.39. The second-order valence-corrected chi connectivity index (χ2v) is 10.9. The van der Waals surface area contributed by atoms with Crippen LogP contribution < -0.4 is 16.1 Å². The third-order valence-corrected chi connectivity index (χ3v) is 7.95. The van der Waals surface area contributed by atoms with Crippen molar-refractivity contribution in [2.75, 3.05) is 32.0 Å². The van der Waals surface area contributed by atoms with E-state index in [1.54, 1.807) is 19.1 Å². The Bertz CT molecular complexity index is 1740. The number of fused-ring (bicyclic) bond motifs is 1. The fourth-order valence-corrected chi connectivity index (χ4v) is 5.98. The zero-order chi connectivity index (χ0) is 30.2. The molecule has 4 heterocycles. The average molecular weight is 601 g/mol. The summed E-state index contributed by atoms with van der Waals surface area (Å²) >= 11 is 0.775. The summed E-state index contributed by atoms with van der Waals surface area (Å²) in [5, 5.41) is 16.0. The van der Waals surface area contributed by atoms with Crippen molar-refractivity contribution in [3.63, 3.8) is 0 Å². The first-order valence-corrected chi connectivity index (χ1v) is 14.0. The Hall–Kier alpha value is -4.30. The Morgan fingerprint density at radius 1 is 1.21 bits per heavy atom. The molecule has 10 nitrogen and oxygen atoms in total. The summed E-state index contributed by atoms with van der Waals surface area (Å²) in [7, 11) is 1.98. The Kier molecular flexibility index (Phi) is 8.01. The number of urea groups is 1. The fourth-order valence-electron chi connectivity index (χ4n) is 5.12. The summed E-state index contributed by atoms with van der Waals surface area (Å²) in [5.41, 5.74) is -0.531. The number of nitrogens with zero attached hydrogens (tertiary/aromatic N) is 4. The molecule has 1 aliphatic rings. The maximum absolute atomic E-state index is 13.4. The Morgan fingerprint density at radius 2 is 2.00 bits per heavy atom. The second-order valence-electron chi connectivity index (χ2n) is 10.0. The van der Waals surface area contributed by atoms with Crippen LogP contribution >= 0.6 is 11.3 Å². The van der Waals surface area contributed by atoms with Crippen LogP contribution in [0.15, 0.2) is 46.8 Å². The molecule has 220 valence electrons. The number of rotatable bonds is 6. The van der Waals surface area contributed by atoms with E-state index in [9.17, 15) is 32.7 Å². The van der Waals surface area contributed by atoms with Gasteiger partial charge in [0, 0.05) is 53.4 Å². The number of pyridine rings is 2. The molecule has 0 radical (unpaired) electrons. The van der Waals surface area contributed by atoms with E-state index in [1.807, 2.05) is 11.6 Å². The van der Waals surface area contributed by atoms with Gasteiger partial charge >= 0.3 is 18.2 Å². The molecule has 42 heavy (non-hydrogen) atoms. The minimum Gasteiger partial charge on any atom is -0.477 e. The number of anilines is 1. The first-order valence-electron chi connectivity index (χ1n) is 13.2. The van der Waals surface area contributed by atoms with E-state index in [2.05, 4.69) is 25.5 Å². The number of hydrogen-bond acceptors (Lipinski definition) is 7. The SMILES string of the molecule is CCNC(=O)Nc1cc(-c2nc(C(F)(F)F)cs2)c(-c2ccc3c(c2)c(=O)c(C(=O)O)cn3[C@H]2CCCN(C)C2)cn1. The van der Waals surface area contributed by atoms with Gasteiger partial charge < -0.3 is 19.9 Å². The van der Waals surface area contributed by atoms with E-state index in [0.717, 1.165) is 36.1 Å². The maximum atomic E-state index is 13.4. The number of carbonyl (C=O) groups excluding carboxylic acids is 1. The number of carbonyl (C=O) groups is 2. The van der Waals surface area contributed by atoms with E-state index in [0.29, 0.717) is 29.7 Å². The van der Waals surface area contributed by atoms with E-state index in [-0.39, 0.29) is 33.4 Å². The first kappa shape index (κ1) is 29.2. The lowest BCUT2D eigenvalue weighted by Crippen LogP contribution is -2.34. The first-order chi connectivity index (χ1) is 20.0. The molecule has 1 saturated heterocycles. The van der Waals surface area contributed by atoms with Crippen LogP contribution in [0.1, 0.15) is 41.9 Å². The van der Waals surface area contributed by atoms with Crippen LogP contribution in [0.3, 0.4) is 0 Å². The van der Waals surface area contributed by atoms with Crippen molar-refractivity contribution in [3.8, 4) is 21.7 Å². The van der Waals surface area contributed by atoms with Crippen molar-refractivity contribution in [2.24, 2.45) is 0 Å².